The lowest BCUT2D eigenvalue weighted by molar-refractivity contribution is -0.130. The predicted molar refractivity (Wildman–Crippen MR) is 122 cm³/mol. The lowest BCUT2D eigenvalue weighted by atomic mass is 9.98. The second-order valence-electron chi connectivity index (χ2n) is 7.18. The molecular formula is C23H20ClN3O3S. The maximum Gasteiger partial charge on any atom is 0.261 e. The number of amides is 1. The summed E-state index contributed by atoms with van der Waals surface area (Å²) < 4.78 is 27.7. The third-order valence-electron chi connectivity index (χ3n) is 5.01. The largest absolute Gasteiger partial charge is 0.280 e. The van der Waals surface area contributed by atoms with Gasteiger partial charge in [0.2, 0.25) is 5.91 Å². The molecule has 1 aliphatic rings. The van der Waals surface area contributed by atoms with Gasteiger partial charge in [-0.15, -0.1) is 0 Å². The number of rotatable bonds is 5. The Morgan fingerprint density at radius 3 is 2.26 bits per heavy atom. The summed E-state index contributed by atoms with van der Waals surface area (Å²) in [5.74, 6) is -0.129. The van der Waals surface area contributed by atoms with Gasteiger partial charge in [-0.1, -0.05) is 54.1 Å². The van der Waals surface area contributed by atoms with Crippen LogP contribution in [-0.2, 0) is 14.8 Å². The first-order valence-electron chi connectivity index (χ1n) is 9.64. The van der Waals surface area contributed by atoms with Crippen LogP contribution in [0.15, 0.2) is 88.9 Å². The van der Waals surface area contributed by atoms with Gasteiger partial charge in [-0.3, -0.25) is 9.52 Å². The number of nitrogens with one attached hydrogen (secondary N) is 1. The number of nitrogens with zero attached hydrogens (tertiary/aromatic N) is 2. The molecule has 3 aromatic carbocycles. The molecule has 1 unspecified atom stereocenters. The Morgan fingerprint density at radius 1 is 1.00 bits per heavy atom. The fourth-order valence-electron chi connectivity index (χ4n) is 3.47. The first-order chi connectivity index (χ1) is 14.8. The van der Waals surface area contributed by atoms with Crippen molar-refractivity contribution in [2.75, 3.05) is 4.72 Å². The number of carbonyl (C=O) groups is 1. The Labute approximate surface area is 186 Å². The summed E-state index contributed by atoms with van der Waals surface area (Å²) >= 11 is 5.83. The Morgan fingerprint density at radius 2 is 1.65 bits per heavy atom. The second-order valence-corrected chi connectivity index (χ2v) is 9.30. The molecule has 1 heterocycles. The van der Waals surface area contributed by atoms with Crippen molar-refractivity contribution in [3.05, 3.63) is 95.0 Å². The minimum Gasteiger partial charge on any atom is -0.280 e. The van der Waals surface area contributed by atoms with Gasteiger partial charge < -0.3 is 0 Å². The van der Waals surface area contributed by atoms with E-state index in [9.17, 15) is 13.2 Å². The number of anilines is 1. The fourth-order valence-corrected chi connectivity index (χ4v) is 4.65. The summed E-state index contributed by atoms with van der Waals surface area (Å²) in [6, 6.07) is 22.5. The lowest BCUT2D eigenvalue weighted by Crippen LogP contribution is -2.24. The zero-order valence-electron chi connectivity index (χ0n) is 16.7. The Kier molecular flexibility index (Phi) is 5.80. The van der Waals surface area contributed by atoms with Crippen LogP contribution in [0.3, 0.4) is 0 Å². The summed E-state index contributed by atoms with van der Waals surface area (Å²) in [7, 11) is -3.72. The molecule has 3 aromatic rings. The first-order valence-corrected chi connectivity index (χ1v) is 11.5. The highest BCUT2D eigenvalue weighted by Crippen LogP contribution is 2.33. The molecule has 0 aliphatic carbocycles. The van der Waals surface area contributed by atoms with Crippen LogP contribution < -0.4 is 4.72 Å². The molecule has 0 radical (unpaired) electrons. The Balaban J connectivity index is 1.53. The standard InChI is InChI=1S/C23H20ClN3O3S/c1-16(28)27-23(18-5-3-2-4-6-18)15-22(25-27)17-7-11-20(12-8-17)26-31(29,30)21-13-9-19(24)10-14-21/h2-14,23,26H,15H2,1H3. The van der Waals surface area contributed by atoms with E-state index in [-0.39, 0.29) is 16.8 Å². The van der Waals surface area contributed by atoms with Crippen molar-refractivity contribution in [2.45, 2.75) is 24.3 Å². The number of hydrogen-bond acceptors (Lipinski definition) is 4. The van der Waals surface area contributed by atoms with E-state index in [0.717, 1.165) is 16.8 Å². The SMILES string of the molecule is CC(=O)N1N=C(c2ccc(NS(=O)(=O)c3ccc(Cl)cc3)cc2)CC1c1ccccc1. The van der Waals surface area contributed by atoms with Gasteiger partial charge in [0.25, 0.3) is 10.0 Å². The number of hydrazone groups is 1. The third-order valence-corrected chi connectivity index (χ3v) is 6.66. The van der Waals surface area contributed by atoms with E-state index >= 15 is 0 Å². The van der Waals surface area contributed by atoms with Gasteiger partial charge in [0.05, 0.1) is 16.6 Å². The van der Waals surface area contributed by atoms with E-state index < -0.39 is 10.0 Å². The highest BCUT2D eigenvalue weighted by molar-refractivity contribution is 7.92. The first kappa shape index (κ1) is 21.1. The highest BCUT2D eigenvalue weighted by atomic mass is 35.5. The molecule has 0 saturated carbocycles. The molecule has 1 N–H and O–H groups in total. The van der Waals surface area contributed by atoms with Gasteiger partial charge in [-0.05, 0) is 47.5 Å². The lowest BCUT2D eigenvalue weighted by Gasteiger charge is -2.20. The Hall–Kier alpha value is -3.16. The minimum atomic E-state index is -3.72. The quantitative estimate of drug-likeness (QED) is 0.600. The molecule has 0 saturated heterocycles. The Bertz CT molecular complexity index is 1230. The van der Waals surface area contributed by atoms with Crippen LogP contribution in [0.4, 0.5) is 5.69 Å². The summed E-state index contributed by atoms with van der Waals surface area (Å²) in [5.41, 5.74) is 3.06. The summed E-state index contributed by atoms with van der Waals surface area (Å²) in [4.78, 5) is 12.2. The number of benzene rings is 3. The molecule has 6 nitrogen and oxygen atoms in total. The van der Waals surface area contributed by atoms with E-state index in [0.29, 0.717) is 17.1 Å². The van der Waals surface area contributed by atoms with Crippen molar-refractivity contribution in [1.82, 2.24) is 5.01 Å². The van der Waals surface area contributed by atoms with Gasteiger partial charge in [0.1, 0.15) is 0 Å². The molecule has 0 aromatic heterocycles. The van der Waals surface area contributed by atoms with Crippen LogP contribution in [-0.4, -0.2) is 25.0 Å². The number of carbonyl (C=O) groups excluding carboxylic acids is 1. The van der Waals surface area contributed by atoms with Crippen LogP contribution in [0.1, 0.15) is 30.5 Å². The normalized spacial score (nSPS) is 16.1. The third kappa shape index (κ3) is 4.62. The van der Waals surface area contributed by atoms with Crippen molar-refractivity contribution in [2.24, 2.45) is 5.10 Å². The zero-order valence-corrected chi connectivity index (χ0v) is 18.3. The summed E-state index contributed by atoms with van der Waals surface area (Å²) in [6.07, 6.45) is 0.583. The monoisotopic (exact) mass is 453 g/mol. The topological polar surface area (TPSA) is 78.8 Å². The van der Waals surface area contributed by atoms with Gasteiger partial charge in [0.15, 0.2) is 0 Å². The van der Waals surface area contributed by atoms with Crippen molar-refractivity contribution < 1.29 is 13.2 Å². The van der Waals surface area contributed by atoms with E-state index in [1.54, 1.807) is 24.3 Å². The molecule has 8 heteroatoms. The van der Waals surface area contributed by atoms with E-state index in [1.807, 2.05) is 30.3 Å². The number of hydrogen-bond donors (Lipinski definition) is 1. The van der Waals surface area contributed by atoms with E-state index in [1.165, 1.54) is 36.2 Å². The average Bonchev–Trinajstić information content (AvgIpc) is 3.21. The van der Waals surface area contributed by atoms with Gasteiger partial charge >= 0.3 is 0 Å². The maximum atomic E-state index is 12.5. The predicted octanol–water partition coefficient (Wildman–Crippen LogP) is 4.84. The minimum absolute atomic E-state index is 0.129. The fraction of sp³-hybridized carbons (Fsp3) is 0.130. The summed E-state index contributed by atoms with van der Waals surface area (Å²) in [5, 5.41) is 6.49. The van der Waals surface area contributed by atoms with Crippen molar-refractivity contribution in [1.29, 1.82) is 0 Å². The second kappa shape index (κ2) is 8.53. The van der Waals surface area contributed by atoms with E-state index in [4.69, 9.17) is 11.6 Å². The average molecular weight is 454 g/mol. The zero-order chi connectivity index (χ0) is 22.0. The van der Waals surface area contributed by atoms with Crippen LogP contribution in [0, 0.1) is 0 Å². The summed E-state index contributed by atoms with van der Waals surface area (Å²) in [6.45, 7) is 1.50. The van der Waals surface area contributed by atoms with Crippen LogP contribution in [0.2, 0.25) is 5.02 Å². The van der Waals surface area contributed by atoms with Crippen LogP contribution in [0.5, 0.6) is 0 Å². The van der Waals surface area contributed by atoms with Crippen LogP contribution in [0.25, 0.3) is 0 Å². The molecule has 0 fully saturated rings. The van der Waals surface area contributed by atoms with Crippen LogP contribution >= 0.6 is 11.6 Å². The van der Waals surface area contributed by atoms with Crippen molar-refractivity contribution in [3.8, 4) is 0 Å². The van der Waals surface area contributed by atoms with Gasteiger partial charge in [-0.2, -0.15) is 5.10 Å². The molecule has 1 aliphatic heterocycles. The molecule has 1 atom stereocenters. The molecule has 4 rings (SSSR count). The van der Waals surface area contributed by atoms with Gasteiger partial charge in [0, 0.05) is 24.1 Å². The van der Waals surface area contributed by atoms with Gasteiger partial charge in [-0.25, -0.2) is 13.4 Å². The molecular weight excluding hydrogens is 434 g/mol. The molecule has 31 heavy (non-hydrogen) atoms. The van der Waals surface area contributed by atoms with E-state index in [2.05, 4.69) is 9.82 Å². The molecule has 0 bridgehead atoms. The van der Waals surface area contributed by atoms with Crippen molar-refractivity contribution >= 4 is 38.9 Å². The molecule has 1 amide bonds. The number of sulfonamides is 1. The molecule has 0 spiro atoms. The smallest absolute Gasteiger partial charge is 0.261 e. The van der Waals surface area contributed by atoms with Crippen molar-refractivity contribution in [3.63, 3.8) is 0 Å². The molecule has 158 valence electrons. The number of halogens is 1. The maximum absolute atomic E-state index is 12.5. The highest BCUT2D eigenvalue weighted by Gasteiger charge is 2.31.